The predicted molar refractivity (Wildman–Crippen MR) is 87.7 cm³/mol. The van der Waals surface area contributed by atoms with Crippen molar-refractivity contribution in [2.24, 2.45) is 5.92 Å². The average Bonchev–Trinajstić information content (AvgIpc) is 2.56. The Hall–Kier alpha value is -0.940. The molecule has 4 nitrogen and oxygen atoms in total. The minimum absolute atomic E-state index is 0.386. The molecule has 1 unspecified atom stereocenters. The molecule has 3 saturated heterocycles. The number of hydrogen-bond acceptors (Lipinski definition) is 4. The topological polar surface area (TPSA) is 44.7 Å². The van der Waals surface area contributed by atoms with E-state index in [1.165, 1.54) is 25.9 Å². The smallest absolute Gasteiger partial charge is 0.0897 e. The number of ether oxygens (including phenoxy) is 1. The van der Waals surface area contributed by atoms with Crippen LogP contribution in [0.4, 0.5) is 0 Å². The predicted octanol–water partition coefficient (Wildman–Crippen LogP) is 1.64. The van der Waals surface area contributed by atoms with Gasteiger partial charge in [-0.05, 0) is 44.3 Å². The Balaban J connectivity index is 1.36. The first-order valence-electron chi connectivity index (χ1n) is 8.51. The Bertz CT molecular complexity index is 444. The molecular weight excluding hydrogens is 276 g/mol. The van der Waals surface area contributed by atoms with E-state index < -0.39 is 6.10 Å². The molecule has 2 N–H and O–H groups in total. The fourth-order valence-corrected chi connectivity index (χ4v) is 3.86. The number of nitrogens with one attached hydrogen (secondary N) is 1. The number of piperidine rings is 3. The molecule has 2 bridgehead atoms. The molecule has 0 saturated carbocycles. The highest BCUT2D eigenvalue weighted by Gasteiger charge is 2.39. The molecule has 3 aliphatic heterocycles. The lowest BCUT2D eigenvalue weighted by atomic mass is 9.79. The van der Waals surface area contributed by atoms with Crippen molar-refractivity contribution in [1.82, 2.24) is 10.2 Å². The van der Waals surface area contributed by atoms with Crippen LogP contribution < -0.4 is 5.32 Å². The van der Waals surface area contributed by atoms with E-state index >= 15 is 0 Å². The molecule has 22 heavy (non-hydrogen) atoms. The van der Waals surface area contributed by atoms with Crippen molar-refractivity contribution in [1.29, 1.82) is 0 Å². The molecule has 0 aliphatic carbocycles. The van der Waals surface area contributed by atoms with Crippen LogP contribution in [0.2, 0.25) is 0 Å². The standard InChI is InChI=1S/C18H28N2O2/c1-14-18(16-7-9-20(14)10-8-16)19-11-17(21)13-22-12-15-5-3-2-4-6-15/h2-6,14,16-19,21H,7-13H2,1H3/t14-,17?,18-/m1/s1. The zero-order valence-electron chi connectivity index (χ0n) is 13.4. The minimum Gasteiger partial charge on any atom is -0.389 e. The summed E-state index contributed by atoms with van der Waals surface area (Å²) in [5.74, 6) is 0.775. The highest BCUT2D eigenvalue weighted by atomic mass is 16.5. The number of fused-ring (bicyclic) bond motifs is 3. The van der Waals surface area contributed by atoms with E-state index in [4.69, 9.17) is 4.74 Å². The van der Waals surface area contributed by atoms with Gasteiger partial charge in [-0.1, -0.05) is 30.3 Å². The van der Waals surface area contributed by atoms with Crippen LogP contribution in [0.1, 0.15) is 25.3 Å². The van der Waals surface area contributed by atoms with E-state index in [0.717, 1.165) is 11.5 Å². The van der Waals surface area contributed by atoms with E-state index in [0.29, 0.717) is 31.8 Å². The SMILES string of the molecule is C[C@@H]1[C@@H](NCC(O)COCc2ccccc2)C2CCN1CC2. The van der Waals surface area contributed by atoms with Gasteiger partial charge in [0.2, 0.25) is 0 Å². The summed E-state index contributed by atoms with van der Waals surface area (Å²) in [5.41, 5.74) is 1.15. The molecule has 1 aromatic rings. The average molecular weight is 304 g/mol. The zero-order chi connectivity index (χ0) is 15.4. The van der Waals surface area contributed by atoms with Gasteiger partial charge in [0.25, 0.3) is 0 Å². The Labute approximate surface area is 133 Å². The van der Waals surface area contributed by atoms with Gasteiger partial charge >= 0.3 is 0 Å². The lowest BCUT2D eigenvalue weighted by molar-refractivity contribution is 0.00121. The second kappa shape index (κ2) is 7.55. The first-order chi connectivity index (χ1) is 10.7. The quantitative estimate of drug-likeness (QED) is 0.804. The van der Waals surface area contributed by atoms with E-state index in [1.54, 1.807) is 0 Å². The van der Waals surface area contributed by atoms with Crippen LogP contribution in [0.5, 0.6) is 0 Å². The third-order valence-corrected chi connectivity index (χ3v) is 5.19. The van der Waals surface area contributed by atoms with E-state index in [-0.39, 0.29) is 0 Å². The number of rotatable bonds is 7. The summed E-state index contributed by atoms with van der Waals surface area (Å²) in [6, 6.07) is 11.2. The van der Waals surface area contributed by atoms with Gasteiger partial charge in [-0.25, -0.2) is 0 Å². The second-order valence-electron chi connectivity index (χ2n) is 6.70. The molecule has 3 heterocycles. The van der Waals surface area contributed by atoms with Gasteiger partial charge < -0.3 is 15.2 Å². The van der Waals surface area contributed by atoms with E-state index in [2.05, 4.69) is 17.1 Å². The van der Waals surface area contributed by atoms with Crippen LogP contribution in [0, 0.1) is 5.92 Å². The van der Waals surface area contributed by atoms with Crippen molar-refractivity contribution in [3.63, 3.8) is 0 Å². The van der Waals surface area contributed by atoms with Crippen molar-refractivity contribution in [3.8, 4) is 0 Å². The second-order valence-corrected chi connectivity index (χ2v) is 6.70. The fourth-order valence-electron chi connectivity index (χ4n) is 3.86. The summed E-state index contributed by atoms with van der Waals surface area (Å²) in [6.45, 7) is 6.36. The maximum Gasteiger partial charge on any atom is 0.0897 e. The van der Waals surface area contributed by atoms with Crippen LogP contribution in [-0.4, -0.2) is 54.4 Å². The Morgan fingerprint density at radius 2 is 2.00 bits per heavy atom. The molecule has 4 rings (SSSR count). The molecular formula is C18H28N2O2. The summed E-state index contributed by atoms with van der Waals surface area (Å²) in [6.07, 6.45) is 2.15. The number of nitrogens with zero attached hydrogens (tertiary/aromatic N) is 1. The molecule has 0 aromatic heterocycles. The molecule has 122 valence electrons. The zero-order valence-corrected chi connectivity index (χ0v) is 13.4. The van der Waals surface area contributed by atoms with Crippen LogP contribution in [0.3, 0.4) is 0 Å². The van der Waals surface area contributed by atoms with Gasteiger partial charge in [0.05, 0.1) is 19.3 Å². The number of aliphatic hydroxyl groups is 1. The molecule has 0 amide bonds. The first kappa shape index (κ1) is 15.9. The number of benzene rings is 1. The van der Waals surface area contributed by atoms with Gasteiger partial charge in [-0.3, -0.25) is 4.90 Å². The maximum absolute atomic E-state index is 10.1. The van der Waals surface area contributed by atoms with Gasteiger partial charge in [-0.15, -0.1) is 0 Å². The largest absolute Gasteiger partial charge is 0.389 e. The van der Waals surface area contributed by atoms with Gasteiger partial charge in [0.15, 0.2) is 0 Å². The summed E-state index contributed by atoms with van der Waals surface area (Å²) in [4.78, 5) is 2.57. The number of hydrogen-bond donors (Lipinski definition) is 2. The fraction of sp³-hybridized carbons (Fsp3) is 0.667. The Morgan fingerprint density at radius 1 is 1.27 bits per heavy atom. The molecule has 1 aromatic carbocycles. The molecule has 0 radical (unpaired) electrons. The summed E-state index contributed by atoms with van der Waals surface area (Å²) in [5, 5.41) is 13.7. The van der Waals surface area contributed by atoms with Crippen LogP contribution in [-0.2, 0) is 11.3 Å². The lowest BCUT2D eigenvalue weighted by Gasteiger charge is -2.50. The molecule has 3 atom stereocenters. The van der Waals surface area contributed by atoms with Crippen molar-refractivity contribution in [3.05, 3.63) is 35.9 Å². The molecule has 3 aliphatic rings. The lowest BCUT2D eigenvalue weighted by Crippen LogP contribution is -2.62. The van der Waals surface area contributed by atoms with Crippen molar-refractivity contribution in [2.75, 3.05) is 26.2 Å². The summed E-state index contributed by atoms with van der Waals surface area (Å²) < 4.78 is 5.61. The number of aliphatic hydroxyl groups excluding tert-OH is 1. The minimum atomic E-state index is -0.439. The van der Waals surface area contributed by atoms with Crippen LogP contribution in [0.15, 0.2) is 30.3 Å². The molecule has 0 spiro atoms. The van der Waals surface area contributed by atoms with Gasteiger partial charge in [0, 0.05) is 18.6 Å². The van der Waals surface area contributed by atoms with Gasteiger partial charge in [0.1, 0.15) is 0 Å². The molecule has 3 fully saturated rings. The normalized spacial score (nSPS) is 32.1. The highest BCUT2D eigenvalue weighted by molar-refractivity contribution is 5.13. The molecule has 4 heteroatoms. The Morgan fingerprint density at radius 3 is 2.68 bits per heavy atom. The summed E-state index contributed by atoms with van der Waals surface area (Å²) in [7, 11) is 0. The third kappa shape index (κ3) is 3.87. The monoisotopic (exact) mass is 304 g/mol. The van der Waals surface area contributed by atoms with Crippen molar-refractivity contribution >= 4 is 0 Å². The first-order valence-corrected chi connectivity index (χ1v) is 8.51. The highest BCUT2D eigenvalue weighted by Crippen LogP contribution is 2.31. The van der Waals surface area contributed by atoms with E-state index in [9.17, 15) is 5.11 Å². The van der Waals surface area contributed by atoms with Crippen LogP contribution in [0.25, 0.3) is 0 Å². The Kier molecular flexibility index (Phi) is 5.47. The van der Waals surface area contributed by atoms with Gasteiger partial charge in [-0.2, -0.15) is 0 Å². The summed E-state index contributed by atoms with van der Waals surface area (Å²) >= 11 is 0. The third-order valence-electron chi connectivity index (χ3n) is 5.19. The van der Waals surface area contributed by atoms with Crippen molar-refractivity contribution in [2.45, 2.75) is 44.6 Å². The van der Waals surface area contributed by atoms with Crippen LogP contribution >= 0.6 is 0 Å². The van der Waals surface area contributed by atoms with Crippen molar-refractivity contribution < 1.29 is 9.84 Å². The maximum atomic E-state index is 10.1. The van der Waals surface area contributed by atoms with E-state index in [1.807, 2.05) is 30.3 Å².